The van der Waals surface area contributed by atoms with Gasteiger partial charge in [0.05, 0.1) is 38.1 Å². The number of nitrogens with one attached hydrogen (secondary N) is 1. The number of carbonyl (C=O) groups excluding carboxylic acids is 2. The van der Waals surface area contributed by atoms with Crippen LogP contribution < -0.4 is 24.4 Å². The number of methoxy groups -OCH3 is 1. The van der Waals surface area contributed by atoms with E-state index < -0.39 is 28.9 Å². The van der Waals surface area contributed by atoms with Gasteiger partial charge >= 0.3 is 0 Å². The van der Waals surface area contributed by atoms with Gasteiger partial charge in [0.2, 0.25) is 11.8 Å². The van der Waals surface area contributed by atoms with Crippen LogP contribution in [-0.4, -0.2) is 74.8 Å². The lowest BCUT2D eigenvalue weighted by Crippen LogP contribution is -2.44. The minimum atomic E-state index is -1.37. The first kappa shape index (κ1) is 32.1. The van der Waals surface area contributed by atoms with E-state index in [2.05, 4.69) is 15.2 Å². The number of anilines is 2. The molecule has 1 aromatic heterocycles. The highest BCUT2D eigenvalue weighted by molar-refractivity contribution is 6.15. The Bertz CT molecular complexity index is 1770. The number of amides is 2. The summed E-state index contributed by atoms with van der Waals surface area (Å²) in [6, 6.07) is 14.4. The number of aromatic nitrogens is 1. The summed E-state index contributed by atoms with van der Waals surface area (Å²) in [7, 11) is 1.54. The van der Waals surface area contributed by atoms with Gasteiger partial charge in [-0.15, -0.1) is 0 Å². The number of fused-ring (bicyclic) bond motifs is 1. The Hall–Kier alpha value is -4.81. The lowest BCUT2D eigenvalue weighted by molar-refractivity contribution is -0.137. The third-order valence-electron chi connectivity index (χ3n) is 8.53. The van der Waals surface area contributed by atoms with E-state index in [1.807, 2.05) is 0 Å². The zero-order valence-electron chi connectivity index (χ0n) is 26.3. The van der Waals surface area contributed by atoms with E-state index in [-0.39, 0.29) is 23.5 Å². The molecule has 47 heavy (non-hydrogen) atoms. The molecule has 10 nitrogen and oxygen atoms in total. The second-order valence-electron chi connectivity index (χ2n) is 11.7. The van der Waals surface area contributed by atoms with Crippen molar-refractivity contribution in [2.45, 2.75) is 19.8 Å². The van der Waals surface area contributed by atoms with Crippen LogP contribution in [0.15, 0.2) is 66.9 Å². The number of ether oxygens (including phenoxy) is 4. The number of carbonyl (C=O) groups is 2. The Morgan fingerprint density at radius 3 is 2.47 bits per heavy atom. The number of nitrogens with zero attached hydrogens (tertiary/aromatic N) is 3. The van der Waals surface area contributed by atoms with Crippen molar-refractivity contribution >= 4 is 34.1 Å². The summed E-state index contributed by atoms with van der Waals surface area (Å²) in [5, 5.41) is 3.27. The van der Waals surface area contributed by atoms with Crippen molar-refractivity contribution in [3.8, 4) is 23.0 Å². The fraction of sp³-hybridized carbons (Fsp3) is 0.343. The molecule has 0 bridgehead atoms. The van der Waals surface area contributed by atoms with Gasteiger partial charge in [-0.05, 0) is 68.3 Å². The van der Waals surface area contributed by atoms with Crippen LogP contribution in [0.4, 0.5) is 20.2 Å². The number of benzene rings is 3. The molecule has 0 saturated carbocycles. The minimum absolute atomic E-state index is 0.0972. The Morgan fingerprint density at radius 1 is 1.00 bits per heavy atom. The van der Waals surface area contributed by atoms with E-state index in [0.29, 0.717) is 41.3 Å². The van der Waals surface area contributed by atoms with Crippen molar-refractivity contribution < 1.29 is 37.3 Å². The van der Waals surface area contributed by atoms with E-state index in [4.69, 9.17) is 18.9 Å². The number of pyridine rings is 1. The predicted octanol–water partition coefficient (Wildman–Crippen LogP) is 5.61. The largest absolute Gasteiger partial charge is 0.493 e. The van der Waals surface area contributed by atoms with Crippen LogP contribution in [0.5, 0.6) is 23.0 Å². The molecule has 0 aliphatic carbocycles. The van der Waals surface area contributed by atoms with Gasteiger partial charge in [-0.25, -0.2) is 8.78 Å². The maximum atomic E-state index is 15.7. The Balaban J connectivity index is 1.23. The summed E-state index contributed by atoms with van der Waals surface area (Å²) in [4.78, 5) is 34.5. The zero-order valence-corrected chi connectivity index (χ0v) is 26.3. The molecule has 6 rings (SSSR count). The van der Waals surface area contributed by atoms with E-state index in [1.54, 1.807) is 38.4 Å². The number of hydrogen-bond acceptors (Lipinski definition) is 8. The first-order chi connectivity index (χ1) is 22.8. The highest BCUT2D eigenvalue weighted by Crippen LogP contribution is 2.40. The molecule has 2 aliphatic rings. The van der Waals surface area contributed by atoms with Gasteiger partial charge in [0, 0.05) is 55.6 Å². The number of hydrogen-bond donors (Lipinski definition) is 1. The molecule has 1 atom stereocenters. The molecule has 0 radical (unpaired) electrons. The van der Waals surface area contributed by atoms with Gasteiger partial charge in [-0.2, -0.15) is 0 Å². The number of rotatable bonds is 11. The first-order valence-electron chi connectivity index (χ1n) is 15.5. The van der Waals surface area contributed by atoms with Crippen molar-refractivity contribution in [1.29, 1.82) is 0 Å². The molecule has 2 amide bonds. The molecule has 2 fully saturated rings. The highest BCUT2D eigenvalue weighted by atomic mass is 19.1. The normalized spacial score (nSPS) is 18.2. The third-order valence-corrected chi connectivity index (χ3v) is 8.53. The van der Waals surface area contributed by atoms with Crippen molar-refractivity contribution in [1.82, 2.24) is 15.2 Å². The molecule has 246 valence electrons. The summed E-state index contributed by atoms with van der Waals surface area (Å²) in [5.41, 5.74) is -0.360. The van der Waals surface area contributed by atoms with Crippen molar-refractivity contribution in [3.05, 3.63) is 78.5 Å². The molecule has 12 heteroatoms. The highest BCUT2D eigenvalue weighted by Gasteiger charge is 2.47. The summed E-state index contributed by atoms with van der Waals surface area (Å²) in [6.07, 6.45) is 2.66. The number of halogens is 2. The SMILES string of the molecule is COc1cc2c(Oc3ccc(N(C(=O)[C@]4(C)CCNC4=O)c4ccc(F)cc4)cc3F)ccnc2cc1OCCCN1CCOCC1. The van der Waals surface area contributed by atoms with Gasteiger partial charge < -0.3 is 24.3 Å². The number of morpholine rings is 1. The Kier molecular flexibility index (Phi) is 9.50. The lowest BCUT2D eigenvalue weighted by Gasteiger charge is -2.30. The van der Waals surface area contributed by atoms with Crippen molar-refractivity contribution in [2.24, 2.45) is 5.41 Å². The van der Waals surface area contributed by atoms with Crippen LogP contribution in [0.3, 0.4) is 0 Å². The van der Waals surface area contributed by atoms with E-state index in [0.717, 1.165) is 45.3 Å². The standard InChI is InChI=1S/C35H36F2N4O6/c1-35(11-13-39-33(35)42)34(43)41(24-6-4-23(36)5-7-24)25-8-9-30(27(37)20-25)47-29-10-12-38-28-22-32(31(44-2)21-26(28)29)46-17-3-14-40-15-18-45-19-16-40/h4-10,12,20-22H,3,11,13-19H2,1-2H3,(H,39,42)/t35-/m1/s1. The van der Waals surface area contributed by atoms with Gasteiger partial charge in [-0.1, -0.05) is 0 Å². The molecule has 0 unspecified atom stereocenters. The Labute approximate surface area is 271 Å². The molecule has 4 aromatic rings. The smallest absolute Gasteiger partial charge is 0.247 e. The van der Waals surface area contributed by atoms with Crippen LogP contribution >= 0.6 is 0 Å². The van der Waals surface area contributed by atoms with Gasteiger partial charge in [0.25, 0.3) is 0 Å². The topological polar surface area (TPSA) is 102 Å². The lowest BCUT2D eigenvalue weighted by atomic mass is 9.86. The average molecular weight is 647 g/mol. The maximum absolute atomic E-state index is 15.7. The Morgan fingerprint density at radius 2 is 1.77 bits per heavy atom. The van der Waals surface area contributed by atoms with Gasteiger partial charge in [-0.3, -0.25) is 24.4 Å². The molecule has 0 spiro atoms. The van der Waals surface area contributed by atoms with Gasteiger partial charge in [0.1, 0.15) is 17.0 Å². The second kappa shape index (κ2) is 13.9. The predicted molar refractivity (Wildman–Crippen MR) is 171 cm³/mol. The molecule has 2 saturated heterocycles. The summed E-state index contributed by atoms with van der Waals surface area (Å²) < 4.78 is 52.6. The van der Waals surface area contributed by atoms with Crippen LogP contribution in [0.1, 0.15) is 19.8 Å². The van der Waals surface area contributed by atoms with Crippen LogP contribution in [0.2, 0.25) is 0 Å². The quantitative estimate of drug-likeness (QED) is 0.166. The third kappa shape index (κ3) is 6.84. The van der Waals surface area contributed by atoms with Crippen molar-refractivity contribution in [3.63, 3.8) is 0 Å². The molecule has 3 aromatic carbocycles. The van der Waals surface area contributed by atoms with Crippen LogP contribution in [0.25, 0.3) is 10.9 Å². The zero-order chi connectivity index (χ0) is 33.0. The molecule has 1 N–H and O–H groups in total. The monoisotopic (exact) mass is 646 g/mol. The minimum Gasteiger partial charge on any atom is -0.493 e. The fourth-order valence-electron chi connectivity index (χ4n) is 5.77. The van der Waals surface area contributed by atoms with E-state index in [1.165, 1.54) is 41.3 Å². The summed E-state index contributed by atoms with van der Waals surface area (Å²) >= 11 is 0. The van der Waals surface area contributed by atoms with Crippen LogP contribution in [-0.2, 0) is 14.3 Å². The molecule has 2 aliphatic heterocycles. The second-order valence-corrected chi connectivity index (χ2v) is 11.7. The van der Waals surface area contributed by atoms with Crippen molar-refractivity contribution in [2.75, 3.05) is 58.0 Å². The van der Waals surface area contributed by atoms with Crippen LogP contribution in [0, 0.1) is 17.0 Å². The molecule has 3 heterocycles. The first-order valence-corrected chi connectivity index (χ1v) is 15.5. The maximum Gasteiger partial charge on any atom is 0.247 e. The van der Waals surface area contributed by atoms with Gasteiger partial charge in [0.15, 0.2) is 23.1 Å². The fourth-order valence-corrected chi connectivity index (χ4v) is 5.77. The van der Waals surface area contributed by atoms with E-state index >= 15 is 4.39 Å². The molecular formula is C35H36F2N4O6. The van der Waals surface area contributed by atoms with E-state index in [9.17, 15) is 14.0 Å². The summed E-state index contributed by atoms with van der Waals surface area (Å²) in [6.45, 7) is 6.61. The summed E-state index contributed by atoms with van der Waals surface area (Å²) in [5.74, 6) is -0.964. The molecular weight excluding hydrogens is 610 g/mol. The average Bonchev–Trinajstić information content (AvgIpc) is 3.43.